The van der Waals surface area contributed by atoms with Crippen molar-refractivity contribution in [3.63, 3.8) is 0 Å². The van der Waals surface area contributed by atoms with Gasteiger partial charge in [-0.15, -0.1) is 0 Å². The fourth-order valence-corrected chi connectivity index (χ4v) is 3.75. The smallest absolute Gasteiger partial charge is 0.226 e. The van der Waals surface area contributed by atoms with E-state index in [1.54, 1.807) is 6.07 Å². The van der Waals surface area contributed by atoms with Crippen molar-refractivity contribution in [1.82, 2.24) is 4.90 Å². The molecule has 1 aromatic carbocycles. The van der Waals surface area contributed by atoms with Crippen molar-refractivity contribution in [3.8, 4) is 5.75 Å². The highest BCUT2D eigenvalue weighted by molar-refractivity contribution is 5.79. The number of carbonyl (C=O) groups excluding carboxylic acids is 1. The Balaban J connectivity index is 1.50. The summed E-state index contributed by atoms with van der Waals surface area (Å²) in [6, 6.07) is 7.58. The van der Waals surface area contributed by atoms with Crippen LogP contribution in [0.4, 0.5) is 0 Å². The third-order valence-corrected chi connectivity index (χ3v) is 5.14. The second kappa shape index (κ2) is 7.14. The maximum atomic E-state index is 12.5. The third-order valence-electron chi connectivity index (χ3n) is 5.14. The molecule has 0 aliphatic carbocycles. The first-order valence-corrected chi connectivity index (χ1v) is 8.63. The summed E-state index contributed by atoms with van der Waals surface area (Å²) in [7, 11) is 0. The summed E-state index contributed by atoms with van der Waals surface area (Å²) in [5, 5.41) is 9.88. The van der Waals surface area contributed by atoms with E-state index in [9.17, 15) is 9.90 Å². The van der Waals surface area contributed by atoms with Gasteiger partial charge in [0.05, 0.1) is 13.1 Å². The number of para-hydroxylation sites is 1. The Labute approximate surface area is 132 Å². The van der Waals surface area contributed by atoms with Gasteiger partial charge >= 0.3 is 0 Å². The fourth-order valence-electron chi connectivity index (χ4n) is 3.75. The number of quaternary nitrogens is 1. The highest BCUT2D eigenvalue weighted by Gasteiger charge is 2.31. The first kappa shape index (κ1) is 15.3. The Morgan fingerprint density at radius 3 is 2.50 bits per heavy atom. The van der Waals surface area contributed by atoms with Gasteiger partial charge in [0, 0.05) is 37.4 Å². The topological polar surface area (TPSA) is 45.0 Å². The number of carbonyl (C=O) groups is 1. The van der Waals surface area contributed by atoms with Crippen molar-refractivity contribution >= 4 is 5.91 Å². The molecule has 1 aromatic rings. The average molecular weight is 303 g/mol. The lowest BCUT2D eigenvalue weighted by Gasteiger charge is -2.34. The monoisotopic (exact) mass is 303 g/mol. The summed E-state index contributed by atoms with van der Waals surface area (Å²) in [4.78, 5) is 16.1. The van der Waals surface area contributed by atoms with Gasteiger partial charge in [0.2, 0.25) is 5.91 Å². The number of nitrogens with one attached hydrogen (secondary N) is 1. The van der Waals surface area contributed by atoms with Crippen molar-refractivity contribution < 1.29 is 14.8 Å². The molecule has 2 aliphatic rings. The minimum absolute atomic E-state index is 0.228. The molecule has 4 nitrogen and oxygen atoms in total. The third kappa shape index (κ3) is 3.61. The van der Waals surface area contributed by atoms with Crippen molar-refractivity contribution in [2.75, 3.05) is 26.2 Å². The summed E-state index contributed by atoms with van der Waals surface area (Å²) in [6.45, 7) is 4.84. The van der Waals surface area contributed by atoms with Crippen LogP contribution in [0.2, 0.25) is 0 Å². The van der Waals surface area contributed by atoms with E-state index in [1.165, 1.54) is 24.2 Å². The van der Waals surface area contributed by atoms with E-state index in [-0.39, 0.29) is 5.92 Å². The molecular formula is C18H27N2O2+. The lowest BCUT2D eigenvalue weighted by atomic mass is 9.94. The average Bonchev–Trinajstić information content (AvgIpc) is 2.58. The number of phenolic OH excluding ortho intramolecular Hbond substituents is 1. The number of piperidine rings is 2. The van der Waals surface area contributed by atoms with Crippen molar-refractivity contribution in [2.24, 2.45) is 5.92 Å². The van der Waals surface area contributed by atoms with Crippen LogP contribution in [0, 0.1) is 5.92 Å². The zero-order valence-corrected chi connectivity index (χ0v) is 13.3. The fraction of sp³-hybridized carbons (Fsp3) is 0.611. The molecule has 0 unspecified atom stereocenters. The van der Waals surface area contributed by atoms with Crippen molar-refractivity contribution in [3.05, 3.63) is 29.8 Å². The minimum Gasteiger partial charge on any atom is -0.507 e. The van der Waals surface area contributed by atoms with Gasteiger partial charge in [0.1, 0.15) is 12.3 Å². The molecule has 0 saturated carbocycles. The van der Waals surface area contributed by atoms with Crippen LogP contribution in [0.5, 0.6) is 5.75 Å². The van der Waals surface area contributed by atoms with Crippen LogP contribution in [-0.4, -0.2) is 42.1 Å². The molecular weight excluding hydrogens is 276 g/mol. The quantitative estimate of drug-likeness (QED) is 0.881. The van der Waals surface area contributed by atoms with Crippen LogP contribution >= 0.6 is 0 Å². The summed E-state index contributed by atoms with van der Waals surface area (Å²) >= 11 is 0. The molecule has 0 spiro atoms. The van der Waals surface area contributed by atoms with E-state index in [0.29, 0.717) is 11.7 Å². The molecule has 2 aliphatic heterocycles. The summed E-state index contributed by atoms with van der Waals surface area (Å²) in [5.41, 5.74) is 1.01. The summed E-state index contributed by atoms with van der Waals surface area (Å²) in [5.74, 6) is 1.01. The molecule has 1 amide bonds. The van der Waals surface area contributed by atoms with Crippen LogP contribution in [-0.2, 0) is 11.3 Å². The molecule has 0 bridgehead atoms. The lowest BCUT2D eigenvalue weighted by Crippen LogP contribution is -3.11. The van der Waals surface area contributed by atoms with Gasteiger partial charge in [-0.3, -0.25) is 4.79 Å². The standard InChI is InChI=1S/C18H26N2O2/c21-17-7-3-2-6-16(17)14-19-12-8-15(9-13-19)18(22)20-10-4-1-5-11-20/h2-3,6-7,15,21H,1,4-5,8-14H2/p+1. The van der Waals surface area contributed by atoms with Gasteiger partial charge < -0.3 is 14.9 Å². The number of phenols is 1. The predicted molar refractivity (Wildman–Crippen MR) is 85.7 cm³/mol. The number of benzene rings is 1. The molecule has 0 atom stereocenters. The molecule has 2 fully saturated rings. The SMILES string of the molecule is O=C(C1CC[NH+](Cc2ccccc2O)CC1)N1CCCCC1. The number of hydrogen-bond acceptors (Lipinski definition) is 2. The Kier molecular flexibility index (Phi) is 4.98. The van der Waals surface area contributed by atoms with Crippen LogP contribution in [0.15, 0.2) is 24.3 Å². The molecule has 2 heterocycles. The number of likely N-dealkylation sites (tertiary alicyclic amines) is 2. The molecule has 2 saturated heterocycles. The van der Waals surface area contributed by atoms with Gasteiger partial charge in [0.25, 0.3) is 0 Å². The van der Waals surface area contributed by atoms with Gasteiger partial charge in [-0.1, -0.05) is 12.1 Å². The highest BCUT2D eigenvalue weighted by atomic mass is 16.3. The van der Waals surface area contributed by atoms with E-state index < -0.39 is 0 Å². The van der Waals surface area contributed by atoms with Crippen LogP contribution < -0.4 is 4.90 Å². The minimum atomic E-state index is 0.228. The Hall–Kier alpha value is -1.55. The van der Waals surface area contributed by atoms with Crippen molar-refractivity contribution in [1.29, 1.82) is 0 Å². The molecule has 2 N–H and O–H groups in total. The Bertz CT molecular complexity index is 504. The summed E-state index contributed by atoms with van der Waals surface area (Å²) < 4.78 is 0. The highest BCUT2D eigenvalue weighted by Crippen LogP contribution is 2.19. The van der Waals surface area contributed by atoms with Gasteiger partial charge in [-0.2, -0.15) is 0 Å². The molecule has 3 rings (SSSR count). The zero-order chi connectivity index (χ0) is 15.4. The van der Waals surface area contributed by atoms with Crippen LogP contribution in [0.3, 0.4) is 0 Å². The lowest BCUT2D eigenvalue weighted by molar-refractivity contribution is -0.919. The van der Waals surface area contributed by atoms with Gasteiger partial charge in [-0.25, -0.2) is 0 Å². The van der Waals surface area contributed by atoms with Gasteiger partial charge in [0.15, 0.2) is 0 Å². The van der Waals surface area contributed by atoms with E-state index in [2.05, 4.69) is 4.90 Å². The van der Waals surface area contributed by atoms with E-state index >= 15 is 0 Å². The van der Waals surface area contributed by atoms with Crippen LogP contribution in [0.25, 0.3) is 0 Å². The van der Waals surface area contributed by atoms with E-state index in [1.807, 2.05) is 18.2 Å². The van der Waals surface area contributed by atoms with E-state index in [4.69, 9.17) is 0 Å². The Morgan fingerprint density at radius 1 is 1.14 bits per heavy atom. The maximum absolute atomic E-state index is 12.5. The number of hydrogen-bond donors (Lipinski definition) is 2. The molecule has 0 radical (unpaired) electrons. The zero-order valence-electron chi connectivity index (χ0n) is 13.3. The van der Waals surface area contributed by atoms with E-state index in [0.717, 1.165) is 51.1 Å². The largest absolute Gasteiger partial charge is 0.507 e. The van der Waals surface area contributed by atoms with Crippen LogP contribution in [0.1, 0.15) is 37.7 Å². The number of amides is 1. The molecule has 120 valence electrons. The first-order chi connectivity index (χ1) is 10.7. The normalized spacial score (nSPS) is 25.9. The number of rotatable bonds is 3. The number of aromatic hydroxyl groups is 1. The predicted octanol–water partition coefficient (Wildman–Crippen LogP) is 1.20. The second-order valence-electron chi connectivity index (χ2n) is 6.72. The molecule has 22 heavy (non-hydrogen) atoms. The van der Waals surface area contributed by atoms with Crippen molar-refractivity contribution in [2.45, 2.75) is 38.6 Å². The first-order valence-electron chi connectivity index (χ1n) is 8.63. The molecule has 0 aromatic heterocycles. The maximum Gasteiger partial charge on any atom is 0.226 e. The number of nitrogens with zero attached hydrogens (tertiary/aromatic N) is 1. The van der Waals surface area contributed by atoms with Gasteiger partial charge in [-0.05, 0) is 31.4 Å². The Morgan fingerprint density at radius 2 is 1.82 bits per heavy atom. The summed E-state index contributed by atoms with van der Waals surface area (Å²) in [6.07, 6.45) is 5.58. The molecule has 4 heteroatoms. The second-order valence-corrected chi connectivity index (χ2v) is 6.72.